The van der Waals surface area contributed by atoms with Gasteiger partial charge in [0, 0.05) is 35.8 Å². The van der Waals surface area contributed by atoms with E-state index in [4.69, 9.17) is 0 Å². The van der Waals surface area contributed by atoms with Crippen LogP contribution in [-0.2, 0) is 14.4 Å². The average Bonchev–Trinajstić information content (AvgIpc) is 3.33. The van der Waals surface area contributed by atoms with Crippen molar-refractivity contribution in [1.82, 2.24) is 15.2 Å². The highest BCUT2D eigenvalue weighted by Crippen LogP contribution is 2.29. The summed E-state index contributed by atoms with van der Waals surface area (Å²) in [6, 6.07) is 6.76. The van der Waals surface area contributed by atoms with Crippen molar-refractivity contribution in [3.05, 3.63) is 63.6 Å². The van der Waals surface area contributed by atoms with Crippen molar-refractivity contribution < 1.29 is 19.5 Å². The Hall–Kier alpha value is -2.91. The summed E-state index contributed by atoms with van der Waals surface area (Å²) in [5.41, 5.74) is 4.88. The number of nitrogens with zero attached hydrogens (tertiary/aromatic N) is 2. The molecule has 0 bridgehead atoms. The Bertz CT molecular complexity index is 1060. The number of benzene rings is 1. The fraction of sp³-hybridized carbons (Fsp3) is 0.333. The first-order chi connectivity index (χ1) is 15.9. The number of thioether (sulfide) groups is 1. The maximum atomic E-state index is 13.2. The predicted octanol–water partition coefficient (Wildman–Crippen LogP) is 3.47. The summed E-state index contributed by atoms with van der Waals surface area (Å²) in [6.07, 6.45) is 7.56. The van der Waals surface area contributed by atoms with Crippen LogP contribution in [0.1, 0.15) is 28.8 Å². The van der Waals surface area contributed by atoms with Crippen LogP contribution in [0.3, 0.4) is 0 Å². The number of thiazole rings is 1. The third kappa shape index (κ3) is 6.55. The van der Waals surface area contributed by atoms with E-state index in [1.807, 2.05) is 37.4 Å². The van der Waals surface area contributed by atoms with Crippen LogP contribution in [0.4, 0.5) is 0 Å². The number of carboxylic acid groups (broad SMARTS) is 1. The van der Waals surface area contributed by atoms with Crippen LogP contribution in [0.5, 0.6) is 0 Å². The summed E-state index contributed by atoms with van der Waals surface area (Å²) in [6.45, 7) is 2.62. The van der Waals surface area contributed by atoms with Crippen LogP contribution in [0.25, 0.3) is 11.6 Å². The highest BCUT2D eigenvalue weighted by molar-refractivity contribution is 7.98. The highest BCUT2D eigenvalue weighted by Gasteiger charge is 2.29. The minimum atomic E-state index is -1.05. The van der Waals surface area contributed by atoms with E-state index >= 15 is 0 Å². The van der Waals surface area contributed by atoms with Crippen molar-refractivity contribution in [3.8, 4) is 0 Å². The van der Waals surface area contributed by atoms with Crippen molar-refractivity contribution in [3.63, 3.8) is 0 Å². The quantitative estimate of drug-likeness (QED) is 0.528. The van der Waals surface area contributed by atoms with Crippen LogP contribution in [-0.4, -0.2) is 63.9 Å². The molecule has 0 unspecified atom stereocenters. The summed E-state index contributed by atoms with van der Waals surface area (Å²) in [7, 11) is 0. The molecule has 0 radical (unpaired) electrons. The molecular formula is C24H27N3O4S2. The second kappa shape index (κ2) is 11.8. The van der Waals surface area contributed by atoms with Gasteiger partial charge in [-0.1, -0.05) is 24.3 Å². The molecule has 2 amide bonds. The van der Waals surface area contributed by atoms with E-state index in [1.54, 1.807) is 22.7 Å². The standard InChI is InChI=1S/C24H27N3O4S2/c1-16-5-3-4-6-18(16)20-14-27(22(28)8-7-17-13-25-15-33-17)11-9-19(20)23(29)26-21(24(30)31)10-12-32-2/h3-8,13,15,21H,9-12,14H2,1-2H3,(H,26,29)(H,30,31)/b8-7+/t21-/m0/s1. The third-order valence-corrected chi connectivity index (χ3v) is 6.84. The van der Waals surface area contributed by atoms with Gasteiger partial charge in [-0.15, -0.1) is 11.3 Å². The van der Waals surface area contributed by atoms with Gasteiger partial charge in [0.25, 0.3) is 0 Å². The lowest BCUT2D eigenvalue weighted by Gasteiger charge is -2.31. The number of aryl methyl sites for hydroxylation is 1. The lowest BCUT2D eigenvalue weighted by molar-refractivity contribution is -0.141. The molecule has 0 aliphatic carbocycles. The zero-order valence-corrected chi connectivity index (χ0v) is 20.2. The van der Waals surface area contributed by atoms with E-state index in [2.05, 4.69) is 10.3 Å². The molecule has 1 aliphatic rings. The van der Waals surface area contributed by atoms with Gasteiger partial charge < -0.3 is 15.3 Å². The molecule has 2 heterocycles. The molecule has 7 nitrogen and oxygen atoms in total. The summed E-state index contributed by atoms with van der Waals surface area (Å²) in [5.74, 6) is -0.933. The Kier molecular flexibility index (Phi) is 8.85. The van der Waals surface area contributed by atoms with Crippen molar-refractivity contribution in [2.45, 2.75) is 25.8 Å². The van der Waals surface area contributed by atoms with Crippen LogP contribution in [0.2, 0.25) is 0 Å². The molecule has 2 N–H and O–H groups in total. The maximum absolute atomic E-state index is 13.2. The first-order valence-corrected chi connectivity index (χ1v) is 12.8. The van der Waals surface area contributed by atoms with E-state index in [-0.39, 0.29) is 18.4 Å². The minimum absolute atomic E-state index is 0.141. The molecule has 174 valence electrons. The van der Waals surface area contributed by atoms with Crippen LogP contribution >= 0.6 is 23.1 Å². The average molecular weight is 486 g/mol. The number of hydrogen-bond donors (Lipinski definition) is 2. The van der Waals surface area contributed by atoms with E-state index < -0.39 is 12.0 Å². The Morgan fingerprint density at radius 1 is 1.33 bits per heavy atom. The van der Waals surface area contributed by atoms with Crippen LogP contribution in [0, 0.1) is 6.92 Å². The second-order valence-electron chi connectivity index (χ2n) is 7.66. The van der Waals surface area contributed by atoms with Gasteiger partial charge in [-0.25, -0.2) is 4.79 Å². The Morgan fingerprint density at radius 2 is 2.12 bits per heavy atom. The number of nitrogens with one attached hydrogen (secondary N) is 1. The Morgan fingerprint density at radius 3 is 2.79 bits per heavy atom. The monoisotopic (exact) mass is 485 g/mol. The third-order valence-electron chi connectivity index (χ3n) is 5.46. The summed E-state index contributed by atoms with van der Waals surface area (Å²) in [5, 5.41) is 12.2. The number of hydrogen-bond acceptors (Lipinski definition) is 6. The van der Waals surface area contributed by atoms with E-state index in [0.717, 1.165) is 21.6 Å². The van der Waals surface area contributed by atoms with Crippen molar-refractivity contribution in [1.29, 1.82) is 0 Å². The Labute approximate surface area is 201 Å². The highest BCUT2D eigenvalue weighted by atomic mass is 32.2. The number of carbonyl (C=O) groups excluding carboxylic acids is 2. The lowest BCUT2D eigenvalue weighted by Crippen LogP contribution is -2.44. The number of aliphatic carboxylic acids is 1. The molecule has 0 spiro atoms. The largest absolute Gasteiger partial charge is 0.480 e. The predicted molar refractivity (Wildman–Crippen MR) is 133 cm³/mol. The molecule has 2 aromatic rings. The number of carboxylic acids is 1. The fourth-order valence-corrected chi connectivity index (χ4v) is 4.65. The summed E-state index contributed by atoms with van der Waals surface area (Å²) in [4.78, 5) is 44.2. The van der Waals surface area contributed by atoms with Gasteiger partial charge in [-0.3, -0.25) is 14.6 Å². The molecule has 0 fully saturated rings. The smallest absolute Gasteiger partial charge is 0.326 e. The molecule has 1 aromatic carbocycles. The van der Waals surface area contributed by atoms with Gasteiger partial charge in [-0.05, 0) is 54.6 Å². The molecule has 33 heavy (non-hydrogen) atoms. The first kappa shape index (κ1) is 24.7. The molecular weight excluding hydrogens is 458 g/mol. The van der Waals surface area contributed by atoms with Gasteiger partial charge in [0.1, 0.15) is 6.04 Å². The second-order valence-corrected chi connectivity index (χ2v) is 9.57. The molecule has 9 heteroatoms. The van der Waals surface area contributed by atoms with Crippen LogP contribution in [0.15, 0.2) is 47.6 Å². The van der Waals surface area contributed by atoms with Crippen molar-refractivity contribution >= 4 is 52.5 Å². The van der Waals surface area contributed by atoms with Crippen LogP contribution < -0.4 is 5.32 Å². The number of rotatable bonds is 9. The molecule has 1 aliphatic heterocycles. The van der Waals surface area contributed by atoms with Gasteiger partial charge in [-0.2, -0.15) is 11.8 Å². The Balaban J connectivity index is 1.87. The number of amides is 2. The van der Waals surface area contributed by atoms with E-state index in [9.17, 15) is 19.5 Å². The lowest BCUT2D eigenvalue weighted by atomic mass is 9.90. The zero-order chi connectivity index (χ0) is 23.8. The normalized spacial score (nSPS) is 15.0. The first-order valence-electron chi connectivity index (χ1n) is 10.6. The van der Waals surface area contributed by atoms with Crippen molar-refractivity contribution in [2.24, 2.45) is 0 Å². The van der Waals surface area contributed by atoms with Crippen molar-refractivity contribution in [2.75, 3.05) is 25.1 Å². The minimum Gasteiger partial charge on any atom is -0.480 e. The van der Waals surface area contributed by atoms with Gasteiger partial charge in [0.15, 0.2) is 0 Å². The number of aromatic nitrogens is 1. The molecule has 3 rings (SSSR count). The molecule has 1 atom stereocenters. The molecule has 0 saturated heterocycles. The van der Waals surface area contributed by atoms with Gasteiger partial charge in [0.05, 0.1) is 5.51 Å². The van der Waals surface area contributed by atoms with E-state index in [0.29, 0.717) is 30.7 Å². The zero-order valence-electron chi connectivity index (χ0n) is 18.6. The summed E-state index contributed by atoms with van der Waals surface area (Å²) < 4.78 is 0. The fourth-order valence-electron chi connectivity index (χ4n) is 3.67. The SMILES string of the molecule is CSCC[C@H](NC(=O)C1=C(c2ccccc2C)CN(C(=O)/C=C/c2cncs2)CC1)C(=O)O. The number of carbonyl (C=O) groups is 3. The van der Waals surface area contributed by atoms with Gasteiger partial charge in [0.2, 0.25) is 11.8 Å². The van der Waals surface area contributed by atoms with E-state index in [1.165, 1.54) is 29.2 Å². The maximum Gasteiger partial charge on any atom is 0.326 e. The summed E-state index contributed by atoms with van der Waals surface area (Å²) >= 11 is 2.98. The molecule has 1 aromatic heterocycles. The topological polar surface area (TPSA) is 99.6 Å². The van der Waals surface area contributed by atoms with Gasteiger partial charge >= 0.3 is 5.97 Å². The molecule has 0 saturated carbocycles.